The van der Waals surface area contributed by atoms with Crippen LogP contribution in [-0.2, 0) is 9.53 Å². The minimum Gasteiger partial charge on any atom is -0.461 e. The Labute approximate surface area is 171 Å². The topological polar surface area (TPSA) is 65.2 Å². The van der Waals surface area contributed by atoms with E-state index in [1.807, 2.05) is 18.2 Å². The van der Waals surface area contributed by atoms with Crippen LogP contribution < -0.4 is 0 Å². The Balaban J connectivity index is 1.56. The largest absolute Gasteiger partial charge is 0.461 e. The van der Waals surface area contributed by atoms with Crippen LogP contribution in [0.5, 0.6) is 0 Å². The zero-order chi connectivity index (χ0) is 20.3. The molecule has 1 heterocycles. The monoisotopic (exact) mass is 402 g/mol. The van der Waals surface area contributed by atoms with Gasteiger partial charge in [0, 0.05) is 5.56 Å². The van der Waals surface area contributed by atoms with E-state index in [0.29, 0.717) is 28.9 Å². The maximum Gasteiger partial charge on any atom is 0.316 e. The molecule has 1 saturated carbocycles. The molecular weight excluding hydrogens is 372 g/mol. The Hall–Kier alpha value is -1.82. The number of aromatic nitrogens is 2. The van der Waals surface area contributed by atoms with Gasteiger partial charge in [-0.1, -0.05) is 45.0 Å². The minimum atomic E-state index is -0.208. The summed E-state index contributed by atoms with van der Waals surface area (Å²) in [5, 5.41) is 8.55. The van der Waals surface area contributed by atoms with Crippen molar-refractivity contribution in [3.05, 3.63) is 29.3 Å². The summed E-state index contributed by atoms with van der Waals surface area (Å²) in [4.78, 5) is 12.4. The van der Waals surface area contributed by atoms with E-state index in [2.05, 4.69) is 44.8 Å². The molecule has 0 spiro atoms. The lowest BCUT2D eigenvalue weighted by molar-refractivity contribution is -0.152. The van der Waals surface area contributed by atoms with Gasteiger partial charge in [-0.3, -0.25) is 4.79 Å². The van der Waals surface area contributed by atoms with Crippen molar-refractivity contribution >= 4 is 17.7 Å². The van der Waals surface area contributed by atoms with E-state index in [-0.39, 0.29) is 17.8 Å². The second kappa shape index (κ2) is 9.12. The molecule has 0 N–H and O–H groups in total. The molecule has 28 heavy (non-hydrogen) atoms. The van der Waals surface area contributed by atoms with Crippen molar-refractivity contribution in [2.45, 2.75) is 65.2 Å². The molecule has 0 unspecified atom stereocenters. The van der Waals surface area contributed by atoms with Crippen LogP contribution in [0.4, 0.5) is 0 Å². The summed E-state index contributed by atoms with van der Waals surface area (Å²) < 4.78 is 11.5. The molecule has 0 bridgehead atoms. The lowest BCUT2D eigenvalue weighted by Crippen LogP contribution is -2.36. The molecule has 0 radical (unpaired) electrons. The van der Waals surface area contributed by atoms with Crippen molar-refractivity contribution in [1.82, 2.24) is 10.2 Å². The van der Waals surface area contributed by atoms with Crippen LogP contribution in [0.15, 0.2) is 27.8 Å². The van der Waals surface area contributed by atoms with Crippen molar-refractivity contribution in [1.29, 1.82) is 0 Å². The highest BCUT2D eigenvalue weighted by Gasteiger charge is 2.33. The van der Waals surface area contributed by atoms with Gasteiger partial charge in [-0.05, 0) is 67.7 Å². The van der Waals surface area contributed by atoms with Gasteiger partial charge in [0.2, 0.25) is 5.89 Å². The van der Waals surface area contributed by atoms with Gasteiger partial charge in [0.1, 0.15) is 11.9 Å². The molecule has 1 aromatic heterocycles. The standard InChI is InChI=1S/C22H30N2O3S/c1-13(2)18-9-6-14(3)10-19(18)26-20(25)12-28-22-24-23-21(27-22)17-8-7-15(4)16(5)11-17/h7-8,11,13-14,18-19H,6,9-10,12H2,1-5H3/t14-,18+,19+/m0/s1. The highest BCUT2D eigenvalue weighted by Crippen LogP contribution is 2.35. The molecule has 3 atom stereocenters. The summed E-state index contributed by atoms with van der Waals surface area (Å²) in [5.41, 5.74) is 3.29. The van der Waals surface area contributed by atoms with E-state index < -0.39 is 0 Å². The Bertz CT molecular complexity index is 818. The number of hydrogen-bond acceptors (Lipinski definition) is 6. The molecule has 0 saturated heterocycles. The molecule has 152 valence electrons. The first-order chi connectivity index (χ1) is 13.3. The summed E-state index contributed by atoms with van der Waals surface area (Å²) in [6.45, 7) is 10.8. The first-order valence-electron chi connectivity index (χ1n) is 10.1. The minimum absolute atomic E-state index is 0.0191. The molecule has 1 aliphatic carbocycles. The average Bonchev–Trinajstić information content (AvgIpc) is 3.11. The molecular formula is C22H30N2O3S. The number of hydrogen-bond donors (Lipinski definition) is 0. The Morgan fingerprint density at radius 1 is 1.25 bits per heavy atom. The second-order valence-electron chi connectivity index (χ2n) is 8.32. The van der Waals surface area contributed by atoms with Crippen molar-refractivity contribution in [3.8, 4) is 11.5 Å². The van der Waals surface area contributed by atoms with Gasteiger partial charge >= 0.3 is 5.97 Å². The number of carbonyl (C=O) groups is 1. The number of nitrogens with zero attached hydrogens (tertiary/aromatic N) is 2. The summed E-state index contributed by atoms with van der Waals surface area (Å²) in [6, 6.07) is 6.03. The van der Waals surface area contributed by atoms with E-state index in [4.69, 9.17) is 9.15 Å². The van der Waals surface area contributed by atoms with Gasteiger partial charge in [0.15, 0.2) is 0 Å². The number of rotatable bonds is 6. The number of esters is 1. The van der Waals surface area contributed by atoms with Crippen LogP contribution in [0.1, 0.15) is 51.2 Å². The Morgan fingerprint density at radius 3 is 2.75 bits per heavy atom. The lowest BCUT2D eigenvalue weighted by Gasteiger charge is -2.36. The molecule has 6 heteroatoms. The summed E-state index contributed by atoms with van der Waals surface area (Å²) >= 11 is 1.24. The van der Waals surface area contributed by atoms with E-state index in [0.717, 1.165) is 18.4 Å². The molecule has 3 rings (SSSR count). The molecule has 1 fully saturated rings. The third-order valence-corrected chi connectivity index (χ3v) is 6.51. The third kappa shape index (κ3) is 5.16. The van der Waals surface area contributed by atoms with Crippen LogP contribution in [0, 0.1) is 31.6 Å². The maximum atomic E-state index is 12.4. The number of thioether (sulfide) groups is 1. The first-order valence-corrected chi connectivity index (χ1v) is 11.1. The van der Waals surface area contributed by atoms with Crippen molar-refractivity contribution in [2.24, 2.45) is 17.8 Å². The number of benzene rings is 1. The van der Waals surface area contributed by atoms with Crippen molar-refractivity contribution < 1.29 is 13.9 Å². The SMILES string of the molecule is Cc1ccc(-c2nnc(SCC(=O)O[C@@H]3C[C@@H](C)CC[C@@H]3C(C)C)o2)cc1C. The average molecular weight is 403 g/mol. The zero-order valence-electron chi connectivity index (χ0n) is 17.4. The van der Waals surface area contributed by atoms with Gasteiger partial charge in [0.05, 0.1) is 0 Å². The summed E-state index contributed by atoms with van der Waals surface area (Å²) in [7, 11) is 0. The van der Waals surface area contributed by atoms with Crippen molar-refractivity contribution in [3.63, 3.8) is 0 Å². The van der Waals surface area contributed by atoms with Crippen molar-refractivity contribution in [2.75, 3.05) is 5.75 Å². The number of carbonyl (C=O) groups excluding carboxylic acids is 1. The highest BCUT2D eigenvalue weighted by molar-refractivity contribution is 7.99. The van der Waals surface area contributed by atoms with Gasteiger partial charge in [-0.2, -0.15) is 0 Å². The lowest BCUT2D eigenvalue weighted by atomic mass is 9.75. The van der Waals surface area contributed by atoms with Crippen LogP contribution >= 0.6 is 11.8 Å². The Morgan fingerprint density at radius 2 is 2.04 bits per heavy atom. The fraction of sp³-hybridized carbons (Fsp3) is 0.591. The van der Waals surface area contributed by atoms with Gasteiger partial charge in [-0.15, -0.1) is 10.2 Å². The van der Waals surface area contributed by atoms with Crippen LogP contribution in [0.2, 0.25) is 0 Å². The Kier molecular flexibility index (Phi) is 6.81. The van der Waals surface area contributed by atoms with E-state index in [9.17, 15) is 4.79 Å². The number of aryl methyl sites for hydroxylation is 2. The number of ether oxygens (including phenoxy) is 1. The van der Waals surface area contributed by atoms with Gasteiger partial charge in [-0.25, -0.2) is 0 Å². The third-order valence-electron chi connectivity index (χ3n) is 5.72. The molecule has 1 aromatic carbocycles. The zero-order valence-corrected chi connectivity index (χ0v) is 18.2. The first kappa shape index (κ1) is 20.9. The van der Waals surface area contributed by atoms with Gasteiger partial charge < -0.3 is 9.15 Å². The quantitative estimate of drug-likeness (QED) is 0.473. The molecule has 5 nitrogen and oxygen atoms in total. The normalized spacial score (nSPS) is 22.4. The van der Waals surface area contributed by atoms with Crippen LogP contribution in [-0.4, -0.2) is 28.0 Å². The van der Waals surface area contributed by atoms with Gasteiger partial charge in [0.25, 0.3) is 5.22 Å². The molecule has 0 amide bonds. The smallest absolute Gasteiger partial charge is 0.316 e. The summed E-state index contributed by atoms with van der Waals surface area (Å²) in [6.07, 6.45) is 3.32. The molecule has 1 aliphatic rings. The fourth-order valence-electron chi connectivity index (χ4n) is 3.83. The van der Waals surface area contributed by atoms with E-state index in [1.54, 1.807) is 0 Å². The molecule has 2 aromatic rings. The fourth-order valence-corrected chi connectivity index (χ4v) is 4.38. The predicted octanol–water partition coefficient (Wildman–Crippen LogP) is 5.45. The highest BCUT2D eigenvalue weighted by atomic mass is 32.2. The van der Waals surface area contributed by atoms with Crippen LogP contribution in [0.3, 0.4) is 0 Å². The maximum absolute atomic E-state index is 12.4. The summed E-state index contributed by atoms with van der Waals surface area (Å²) in [5.74, 6) is 2.03. The van der Waals surface area contributed by atoms with E-state index in [1.165, 1.54) is 29.3 Å². The molecule has 0 aliphatic heterocycles. The second-order valence-corrected chi connectivity index (χ2v) is 9.24. The van der Waals surface area contributed by atoms with E-state index >= 15 is 0 Å². The van der Waals surface area contributed by atoms with Crippen LogP contribution in [0.25, 0.3) is 11.5 Å². The predicted molar refractivity (Wildman–Crippen MR) is 111 cm³/mol.